The Balaban J connectivity index is 1.58. The van der Waals surface area contributed by atoms with E-state index in [-0.39, 0.29) is 6.61 Å². The van der Waals surface area contributed by atoms with Gasteiger partial charge in [0.15, 0.2) is 6.61 Å². The fraction of sp³-hybridized carbons (Fsp3) is 0.0909. The van der Waals surface area contributed by atoms with Gasteiger partial charge in [-0.3, -0.25) is 20.4 Å². The van der Waals surface area contributed by atoms with Crippen molar-refractivity contribution in [3.05, 3.63) is 82.8 Å². The zero-order valence-electron chi connectivity index (χ0n) is 15.6. The molecule has 3 aromatic rings. The number of halogens is 1. The molecular formula is C22H19BrN2O4. The fourth-order valence-corrected chi connectivity index (χ4v) is 3.05. The minimum absolute atomic E-state index is 0.247. The van der Waals surface area contributed by atoms with E-state index < -0.39 is 11.8 Å². The molecule has 0 aromatic heterocycles. The lowest BCUT2D eigenvalue weighted by atomic mass is 10.1. The summed E-state index contributed by atoms with van der Waals surface area (Å²) in [4.78, 5) is 24.4. The lowest BCUT2D eigenvalue weighted by molar-refractivity contribution is -0.123. The van der Waals surface area contributed by atoms with Gasteiger partial charge >= 0.3 is 0 Å². The van der Waals surface area contributed by atoms with Crippen molar-refractivity contribution in [3.8, 4) is 22.6 Å². The molecule has 0 saturated heterocycles. The summed E-state index contributed by atoms with van der Waals surface area (Å²) in [5, 5.41) is 0. The first-order chi connectivity index (χ1) is 14.1. The lowest BCUT2D eigenvalue weighted by Crippen LogP contribution is -2.44. The number of nitrogens with one attached hydrogen (secondary N) is 2. The summed E-state index contributed by atoms with van der Waals surface area (Å²) in [7, 11) is 1.51. The number of amides is 2. The van der Waals surface area contributed by atoms with E-state index in [0.717, 1.165) is 11.1 Å². The molecule has 29 heavy (non-hydrogen) atoms. The van der Waals surface area contributed by atoms with Crippen LogP contribution in [0.15, 0.2) is 77.3 Å². The molecule has 0 saturated carbocycles. The number of methoxy groups -OCH3 is 1. The second-order valence-electron chi connectivity index (χ2n) is 6.00. The number of hydrogen-bond donors (Lipinski definition) is 2. The van der Waals surface area contributed by atoms with Gasteiger partial charge in [0.1, 0.15) is 11.5 Å². The molecule has 0 aliphatic carbocycles. The molecule has 0 aliphatic heterocycles. The highest BCUT2D eigenvalue weighted by molar-refractivity contribution is 9.10. The van der Waals surface area contributed by atoms with E-state index >= 15 is 0 Å². The Morgan fingerprint density at radius 2 is 1.66 bits per heavy atom. The van der Waals surface area contributed by atoms with Crippen molar-refractivity contribution in [2.75, 3.05) is 13.7 Å². The summed E-state index contributed by atoms with van der Waals surface area (Å²) < 4.78 is 11.4. The number of hydrazine groups is 1. The molecule has 6 nitrogen and oxygen atoms in total. The largest absolute Gasteiger partial charge is 0.497 e. The number of carbonyl (C=O) groups is 2. The van der Waals surface area contributed by atoms with Crippen LogP contribution in [0.2, 0.25) is 0 Å². The summed E-state index contributed by atoms with van der Waals surface area (Å²) in [5.74, 6) is 0.148. The van der Waals surface area contributed by atoms with Crippen LogP contribution in [0, 0.1) is 0 Å². The average molecular weight is 455 g/mol. The summed E-state index contributed by atoms with van der Waals surface area (Å²) >= 11 is 3.30. The molecule has 0 atom stereocenters. The maximum atomic E-state index is 12.3. The van der Waals surface area contributed by atoms with Gasteiger partial charge in [0.2, 0.25) is 0 Å². The molecule has 0 bridgehead atoms. The predicted molar refractivity (Wildman–Crippen MR) is 114 cm³/mol. The third-order valence-electron chi connectivity index (χ3n) is 4.06. The molecule has 0 unspecified atom stereocenters. The molecule has 2 N–H and O–H groups in total. The molecule has 0 fully saturated rings. The Bertz CT molecular complexity index is 1010. The maximum absolute atomic E-state index is 12.3. The van der Waals surface area contributed by atoms with Crippen molar-refractivity contribution >= 4 is 27.7 Å². The third kappa shape index (κ3) is 5.36. The fourth-order valence-electron chi connectivity index (χ4n) is 2.63. The van der Waals surface area contributed by atoms with Crippen LogP contribution in [0.25, 0.3) is 11.1 Å². The van der Waals surface area contributed by atoms with Gasteiger partial charge in [0, 0.05) is 10.0 Å². The van der Waals surface area contributed by atoms with Crippen LogP contribution in [-0.4, -0.2) is 25.5 Å². The standard InChI is InChI=1S/C22H19BrN2O4/c1-28-16-11-12-19(23)18(13-16)22(27)25-24-21(26)14-29-20-10-6-5-9-17(20)15-7-3-2-4-8-15/h2-13H,14H2,1H3,(H,24,26)(H,25,27). The molecule has 0 aliphatic rings. The van der Waals surface area contributed by atoms with E-state index in [0.29, 0.717) is 21.5 Å². The van der Waals surface area contributed by atoms with Crippen LogP contribution in [0.3, 0.4) is 0 Å². The van der Waals surface area contributed by atoms with E-state index in [1.807, 2.05) is 48.5 Å². The van der Waals surface area contributed by atoms with E-state index in [4.69, 9.17) is 9.47 Å². The van der Waals surface area contributed by atoms with Gasteiger partial charge in [0.25, 0.3) is 11.8 Å². The molecule has 0 radical (unpaired) electrons. The molecule has 3 aromatic carbocycles. The Labute approximate surface area is 176 Å². The molecule has 0 spiro atoms. The summed E-state index contributed by atoms with van der Waals surface area (Å²) in [5.41, 5.74) is 6.92. The number of carbonyl (C=O) groups excluding carboxylic acids is 2. The highest BCUT2D eigenvalue weighted by Gasteiger charge is 2.13. The summed E-state index contributed by atoms with van der Waals surface area (Å²) in [6.07, 6.45) is 0. The Morgan fingerprint density at radius 1 is 0.931 bits per heavy atom. The summed E-state index contributed by atoms with van der Waals surface area (Å²) in [6, 6.07) is 22.2. The number of rotatable bonds is 6. The molecule has 148 valence electrons. The van der Waals surface area contributed by atoms with Gasteiger partial charge in [-0.15, -0.1) is 0 Å². The van der Waals surface area contributed by atoms with Crippen LogP contribution in [-0.2, 0) is 4.79 Å². The highest BCUT2D eigenvalue weighted by atomic mass is 79.9. The normalized spacial score (nSPS) is 10.1. The molecule has 7 heteroatoms. The SMILES string of the molecule is COc1ccc(Br)c(C(=O)NNC(=O)COc2ccccc2-c2ccccc2)c1. The molecule has 0 heterocycles. The van der Waals surface area contributed by atoms with Gasteiger partial charge in [0.05, 0.1) is 12.7 Å². The maximum Gasteiger partial charge on any atom is 0.276 e. The van der Waals surface area contributed by atoms with Crippen LogP contribution >= 0.6 is 15.9 Å². The van der Waals surface area contributed by atoms with Crippen LogP contribution in [0.1, 0.15) is 10.4 Å². The van der Waals surface area contributed by atoms with E-state index in [1.54, 1.807) is 24.3 Å². The summed E-state index contributed by atoms with van der Waals surface area (Å²) in [6.45, 7) is -0.247. The van der Waals surface area contributed by atoms with Gasteiger partial charge in [-0.05, 0) is 45.8 Å². The molecule has 2 amide bonds. The predicted octanol–water partition coefficient (Wildman–Crippen LogP) is 3.96. The zero-order chi connectivity index (χ0) is 20.6. The van der Waals surface area contributed by atoms with Crippen LogP contribution < -0.4 is 20.3 Å². The van der Waals surface area contributed by atoms with Gasteiger partial charge in [-0.25, -0.2) is 0 Å². The van der Waals surface area contributed by atoms with E-state index in [2.05, 4.69) is 26.8 Å². The number of hydrogen-bond acceptors (Lipinski definition) is 4. The van der Waals surface area contributed by atoms with Gasteiger partial charge < -0.3 is 9.47 Å². The second-order valence-corrected chi connectivity index (χ2v) is 6.85. The Kier molecular flexibility index (Phi) is 6.86. The van der Waals surface area contributed by atoms with Crippen molar-refractivity contribution in [2.24, 2.45) is 0 Å². The smallest absolute Gasteiger partial charge is 0.276 e. The van der Waals surface area contributed by atoms with E-state index in [9.17, 15) is 9.59 Å². The number of ether oxygens (including phenoxy) is 2. The average Bonchev–Trinajstić information content (AvgIpc) is 2.77. The first kappa shape index (κ1) is 20.4. The molecular weight excluding hydrogens is 436 g/mol. The third-order valence-corrected chi connectivity index (χ3v) is 4.76. The Morgan fingerprint density at radius 3 is 2.41 bits per heavy atom. The number of benzene rings is 3. The minimum Gasteiger partial charge on any atom is -0.497 e. The van der Waals surface area contributed by atoms with Gasteiger partial charge in [-0.2, -0.15) is 0 Å². The van der Waals surface area contributed by atoms with Crippen molar-refractivity contribution < 1.29 is 19.1 Å². The zero-order valence-corrected chi connectivity index (χ0v) is 17.2. The van der Waals surface area contributed by atoms with Crippen molar-refractivity contribution in [2.45, 2.75) is 0 Å². The van der Waals surface area contributed by atoms with Crippen molar-refractivity contribution in [3.63, 3.8) is 0 Å². The van der Waals surface area contributed by atoms with Crippen molar-refractivity contribution in [1.29, 1.82) is 0 Å². The first-order valence-corrected chi connectivity index (χ1v) is 9.58. The first-order valence-electron chi connectivity index (χ1n) is 8.78. The second kappa shape index (κ2) is 9.75. The number of para-hydroxylation sites is 1. The van der Waals surface area contributed by atoms with Crippen molar-refractivity contribution in [1.82, 2.24) is 10.9 Å². The monoisotopic (exact) mass is 454 g/mol. The van der Waals surface area contributed by atoms with Gasteiger partial charge in [-0.1, -0.05) is 48.5 Å². The Hall–Kier alpha value is -3.32. The quantitative estimate of drug-likeness (QED) is 0.552. The topological polar surface area (TPSA) is 76.7 Å². The van der Waals surface area contributed by atoms with Crippen LogP contribution in [0.4, 0.5) is 0 Å². The highest BCUT2D eigenvalue weighted by Crippen LogP contribution is 2.29. The van der Waals surface area contributed by atoms with Crippen LogP contribution in [0.5, 0.6) is 11.5 Å². The minimum atomic E-state index is -0.486. The van der Waals surface area contributed by atoms with E-state index in [1.165, 1.54) is 7.11 Å². The molecule has 3 rings (SSSR count). The lowest BCUT2D eigenvalue weighted by Gasteiger charge is -2.13.